The molecule has 12 heteroatoms. The number of nitrogens with zero attached hydrogens (tertiary/aromatic N) is 3. The Bertz CT molecular complexity index is 1490. The van der Waals surface area contributed by atoms with Crippen molar-refractivity contribution in [2.45, 2.75) is 76.9 Å². The molecule has 3 aromatic rings. The standard InChI is InChI=1S/C32H40ClFN6O4/c1-20(41)9-5-4-6-10-26(39-32(43)28-11-7-8-14-40(28)2)31(42)35-18-21-15-23-27(17-29(21)44-3)36-19-37-30(23)38-22-12-13-25(34)24(33)16-22/h12-13,15-17,19,26,28H,4-11,14,18H2,1-3H3,(H,35,42)(H,39,43)(H,36,37,38)/t26-,28?/m0/s1. The smallest absolute Gasteiger partial charge is 0.242 e. The minimum atomic E-state index is -0.717. The summed E-state index contributed by atoms with van der Waals surface area (Å²) in [5.74, 6) is 0.176. The van der Waals surface area contributed by atoms with Gasteiger partial charge in [-0.05, 0) is 70.5 Å². The second kappa shape index (κ2) is 15.8. The van der Waals surface area contributed by atoms with E-state index in [4.69, 9.17) is 16.3 Å². The normalized spacial score (nSPS) is 15.9. The lowest BCUT2D eigenvalue weighted by Crippen LogP contribution is -2.54. The number of Topliss-reactive ketones (excluding diaryl/α,β-unsaturated/α-hetero) is 1. The average Bonchev–Trinajstić information content (AvgIpc) is 3.00. The summed E-state index contributed by atoms with van der Waals surface area (Å²) in [5.41, 5.74) is 1.84. The molecule has 0 spiro atoms. The number of methoxy groups -OCH3 is 1. The van der Waals surface area contributed by atoms with Gasteiger partial charge in [0.15, 0.2) is 0 Å². The first kappa shape index (κ1) is 33.1. The highest BCUT2D eigenvalue weighted by Gasteiger charge is 2.29. The highest BCUT2D eigenvalue weighted by atomic mass is 35.5. The Balaban J connectivity index is 1.50. The number of nitrogens with one attached hydrogen (secondary N) is 3. The van der Waals surface area contributed by atoms with Crippen LogP contribution in [0.15, 0.2) is 36.7 Å². The van der Waals surface area contributed by atoms with Crippen LogP contribution in [0.1, 0.15) is 63.9 Å². The van der Waals surface area contributed by atoms with Crippen molar-refractivity contribution in [1.29, 1.82) is 0 Å². The van der Waals surface area contributed by atoms with Gasteiger partial charge >= 0.3 is 0 Å². The van der Waals surface area contributed by atoms with Crippen molar-refractivity contribution in [3.63, 3.8) is 0 Å². The minimum absolute atomic E-state index is 0.0194. The van der Waals surface area contributed by atoms with Crippen molar-refractivity contribution in [2.24, 2.45) is 0 Å². The van der Waals surface area contributed by atoms with Crippen molar-refractivity contribution in [3.8, 4) is 5.75 Å². The number of carbonyl (C=O) groups excluding carboxylic acids is 3. The summed E-state index contributed by atoms with van der Waals surface area (Å²) in [5, 5.41) is 9.77. The molecule has 1 fully saturated rings. The van der Waals surface area contributed by atoms with Crippen molar-refractivity contribution < 1.29 is 23.5 Å². The largest absolute Gasteiger partial charge is 0.496 e. The van der Waals surface area contributed by atoms with E-state index in [2.05, 4.69) is 25.9 Å². The van der Waals surface area contributed by atoms with Gasteiger partial charge in [-0.1, -0.05) is 30.9 Å². The highest BCUT2D eigenvalue weighted by molar-refractivity contribution is 6.31. The summed E-state index contributed by atoms with van der Waals surface area (Å²) in [6, 6.07) is 6.89. The first-order chi connectivity index (χ1) is 21.2. The molecule has 1 aliphatic rings. The molecule has 2 amide bonds. The van der Waals surface area contributed by atoms with Gasteiger partial charge in [0, 0.05) is 35.7 Å². The number of hydrogen-bond donors (Lipinski definition) is 3. The van der Waals surface area contributed by atoms with Gasteiger partial charge in [0.25, 0.3) is 0 Å². The Labute approximate surface area is 262 Å². The highest BCUT2D eigenvalue weighted by Crippen LogP contribution is 2.31. The summed E-state index contributed by atoms with van der Waals surface area (Å²) in [7, 11) is 3.47. The van der Waals surface area contributed by atoms with Crippen molar-refractivity contribution in [3.05, 3.63) is 53.1 Å². The number of likely N-dealkylation sites (N-methyl/N-ethyl adjacent to an activating group) is 1. The van der Waals surface area contributed by atoms with E-state index in [0.717, 1.165) is 38.6 Å². The molecule has 0 saturated carbocycles. The van der Waals surface area contributed by atoms with Crippen molar-refractivity contribution in [1.82, 2.24) is 25.5 Å². The second-order valence-corrected chi connectivity index (χ2v) is 11.6. The number of aromatic nitrogens is 2. The summed E-state index contributed by atoms with van der Waals surface area (Å²) < 4.78 is 19.3. The third-order valence-electron chi connectivity index (χ3n) is 7.90. The van der Waals surface area contributed by atoms with Crippen LogP contribution >= 0.6 is 11.6 Å². The van der Waals surface area contributed by atoms with Gasteiger partial charge in [-0.3, -0.25) is 14.5 Å². The number of unbranched alkanes of at least 4 members (excludes halogenated alkanes) is 2. The SMILES string of the molecule is COc1cc2ncnc(Nc3ccc(F)c(Cl)c3)c2cc1CNC(=O)[C@H](CCCCCC(C)=O)NC(=O)C1CCCCN1C. The number of hydrogen-bond acceptors (Lipinski definition) is 8. The van der Waals surface area contributed by atoms with Crippen LogP contribution in [0.25, 0.3) is 10.9 Å². The summed E-state index contributed by atoms with van der Waals surface area (Å²) in [6.07, 6.45) is 7.39. The molecular weight excluding hydrogens is 587 g/mol. The van der Waals surface area contributed by atoms with Crippen LogP contribution in [0.3, 0.4) is 0 Å². The summed E-state index contributed by atoms with van der Waals surface area (Å²) >= 11 is 5.96. The van der Waals surface area contributed by atoms with Crippen molar-refractivity contribution >= 4 is 51.6 Å². The van der Waals surface area contributed by atoms with E-state index in [1.807, 2.05) is 18.0 Å². The van der Waals surface area contributed by atoms with Gasteiger partial charge in [0.05, 0.1) is 23.7 Å². The quantitative estimate of drug-likeness (QED) is 0.206. The molecule has 4 rings (SSSR count). The topological polar surface area (TPSA) is 126 Å². The van der Waals surface area contributed by atoms with Crippen LogP contribution in [-0.2, 0) is 20.9 Å². The van der Waals surface area contributed by atoms with E-state index in [0.29, 0.717) is 53.0 Å². The molecule has 2 atom stereocenters. The van der Waals surface area contributed by atoms with Gasteiger partial charge in [0.2, 0.25) is 11.8 Å². The van der Waals surface area contributed by atoms with Crippen LogP contribution in [-0.4, -0.2) is 65.3 Å². The van der Waals surface area contributed by atoms with Gasteiger partial charge in [-0.2, -0.15) is 0 Å². The molecule has 0 aliphatic carbocycles. The minimum Gasteiger partial charge on any atom is -0.496 e. The lowest BCUT2D eigenvalue weighted by Gasteiger charge is -2.32. The zero-order valence-corrected chi connectivity index (χ0v) is 26.2. The number of likely N-dealkylation sites (tertiary alicyclic amines) is 1. The number of piperidine rings is 1. The van der Waals surface area contributed by atoms with E-state index in [1.165, 1.54) is 25.6 Å². The number of carbonyl (C=O) groups is 3. The third kappa shape index (κ3) is 8.86. The summed E-state index contributed by atoms with van der Waals surface area (Å²) in [6.45, 7) is 2.55. The lowest BCUT2D eigenvalue weighted by atomic mass is 10.0. The average molecular weight is 627 g/mol. The van der Waals surface area contributed by atoms with E-state index in [9.17, 15) is 18.8 Å². The Morgan fingerprint density at radius 3 is 2.68 bits per heavy atom. The Kier molecular flexibility index (Phi) is 11.8. The number of ether oxygens (including phenoxy) is 1. The maximum absolute atomic E-state index is 13.7. The molecular formula is C32H40ClFN6O4. The maximum Gasteiger partial charge on any atom is 0.242 e. The van der Waals surface area contributed by atoms with Crippen molar-refractivity contribution in [2.75, 3.05) is 26.0 Å². The molecule has 10 nitrogen and oxygen atoms in total. The molecule has 2 aromatic carbocycles. The number of ketones is 1. The van der Waals surface area contributed by atoms with Crippen LogP contribution in [0.4, 0.5) is 15.9 Å². The monoisotopic (exact) mass is 626 g/mol. The van der Waals surface area contributed by atoms with Crippen LogP contribution < -0.4 is 20.7 Å². The Morgan fingerprint density at radius 1 is 1.14 bits per heavy atom. The van der Waals surface area contributed by atoms with E-state index in [-0.39, 0.29) is 35.2 Å². The van der Waals surface area contributed by atoms with E-state index in [1.54, 1.807) is 19.1 Å². The fourth-order valence-corrected chi connectivity index (χ4v) is 5.60. The lowest BCUT2D eigenvalue weighted by molar-refractivity contribution is -0.132. The number of benzene rings is 2. The van der Waals surface area contributed by atoms with Gasteiger partial charge in [0.1, 0.15) is 35.5 Å². The predicted octanol–water partition coefficient (Wildman–Crippen LogP) is 5.30. The molecule has 236 valence electrons. The predicted molar refractivity (Wildman–Crippen MR) is 169 cm³/mol. The molecule has 0 bridgehead atoms. The number of halogens is 2. The molecule has 2 heterocycles. The molecule has 1 aliphatic heterocycles. The van der Waals surface area contributed by atoms with E-state index >= 15 is 0 Å². The van der Waals surface area contributed by atoms with Crippen LogP contribution in [0.5, 0.6) is 5.75 Å². The van der Waals surface area contributed by atoms with E-state index < -0.39 is 11.9 Å². The van der Waals surface area contributed by atoms with Gasteiger partial charge in [-0.25, -0.2) is 14.4 Å². The number of amides is 2. The fourth-order valence-electron chi connectivity index (χ4n) is 5.41. The van der Waals surface area contributed by atoms with Crippen LogP contribution in [0, 0.1) is 5.82 Å². The fraction of sp³-hybridized carbons (Fsp3) is 0.469. The van der Waals surface area contributed by atoms with Gasteiger partial charge in [-0.15, -0.1) is 0 Å². The number of anilines is 2. The summed E-state index contributed by atoms with van der Waals surface area (Å²) in [4.78, 5) is 48.8. The number of fused-ring (bicyclic) bond motifs is 1. The Hall–Kier alpha value is -3.83. The number of rotatable bonds is 14. The zero-order valence-electron chi connectivity index (χ0n) is 25.4. The molecule has 44 heavy (non-hydrogen) atoms. The first-order valence-electron chi connectivity index (χ1n) is 15.0. The molecule has 1 unspecified atom stereocenters. The molecule has 1 saturated heterocycles. The van der Waals surface area contributed by atoms with Gasteiger partial charge < -0.3 is 25.5 Å². The second-order valence-electron chi connectivity index (χ2n) is 11.2. The molecule has 3 N–H and O–H groups in total. The maximum atomic E-state index is 13.7. The molecule has 0 radical (unpaired) electrons. The first-order valence-corrected chi connectivity index (χ1v) is 15.4. The van der Waals surface area contributed by atoms with Crippen LogP contribution in [0.2, 0.25) is 5.02 Å². The Morgan fingerprint density at radius 2 is 1.95 bits per heavy atom. The third-order valence-corrected chi connectivity index (χ3v) is 8.19. The zero-order chi connectivity index (χ0) is 31.6. The molecule has 1 aromatic heterocycles.